The maximum atomic E-state index is 14.4. The number of fused-ring (bicyclic) bond motifs is 2. The number of benzene rings is 5. The molecule has 3 amide bonds. The highest BCUT2D eigenvalue weighted by molar-refractivity contribution is 8.93. The molecular weight excluding hydrogens is 1330 g/mol. The molecule has 0 saturated carbocycles. The molecule has 0 aliphatic heterocycles. The van der Waals surface area contributed by atoms with E-state index in [2.05, 4.69) is 15.3 Å². The maximum Gasteiger partial charge on any atom is 0.407 e. The molecule has 0 fully saturated rings. The number of alkyl carbamates (subject to hydrolysis) is 1. The quantitative estimate of drug-likeness (QED) is 0.0488. The van der Waals surface area contributed by atoms with Gasteiger partial charge in [-0.05, 0) is 175 Å². The van der Waals surface area contributed by atoms with Crippen molar-refractivity contribution in [3.05, 3.63) is 221 Å². The fourth-order valence-corrected chi connectivity index (χ4v) is 10.8. The number of hydrogen-bond donors (Lipinski definition) is 2. The molecule has 9 aromatic rings. The van der Waals surface area contributed by atoms with Gasteiger partial charge in [0.25, 0.3) is 11.1 Å². The second-order valence-corrected chi connectivity index (χ2v) is 23.5. The summed E-state index contributed by atoms with van der Waals surface area (Å²) in [5, 5.41) is 5.02. The molecule has 0 spiro atoms. The summed E-state index contributed by atoms with van der Waals surface area (Å²) < 4.78 is 19.8. The van der Waals surface area contributed by atoms with Gasteiger partial charge in [-0.3, -0.25) is 28.3 Å². The van der Waals surface area contributed by atoms with Crippen LogP contribution in [-0.4, -0.2) is 147 Å². The Morgan fingerprint density at radius 3 is 1.40 bits per heavy atom. The van der Waals surface area contributed by atoms with Crippen LogP contribution in [0.3, 0.4) is 0 Å². The molecule has 490 valence electrons. The van der Waals surface area contributed by atoms with E-state index in [1.165, 1.54) is 4.57 Å². The first kappa shape index (κ1) is 72.4. The molecule has 4 heterocycles. The van der Waals surface area contributed by atoms with Gasteiger partial charge in [0, 0.05) is 45.1 Å². The van der Waals surface area contributed by atoms with Crippen LogP contribution in [0.4, 0.5) is 4.79 Å². The average Bonchev–Trinajstić information content (AvgIpc) is 0.772. The summed E-state index contributed by atoms with van der Waals surface area (Å²) in [7, 11) is 7.70. The summed E-state index contributed by atoms with van der Waals surface area (Å²) in [5.74, 6) is 1.61. The molecule has 5 aromatic carbocycles. The first-order chi connectivity index (χ1) is 44.4. The number of aromatic nitrogens is 6. The normalized spacial score (nSPS) is 11.8. The first-order valence-corrected chi connectivity index (χ1v) is 31.5. The number of halogens is 5. The molecule has 4 aromatic heterocycles. The largest absolute Gasteiger partial charge is 0.494 e. The summed E-state index contributed by atoms with van der Waals surface area (Å²) in [6.07, 6.45) is 3.22. The molecule has 0 aliphatic carbocycles. The van der Waals surface area contributed by atoms with Crippen LogP contribution in [0, 0.1) is 0 Å². The summed E-state index contributed by atoms with van der Waals surface area (Å²) in [5.41, 5.74) is 9.39. The standard InChI is InChI=1S/C38H40Cl2N6O5.C30H34Cl2N6O3.BrH/c1-4-50-29-15-13-28(14-16-29)46-36(43-35-30(37(46)48)11-8-19-41-35)33(18-20-42-38(49)51-25-26-9-6-5-7-10-26)45(22-21-44(2)3)34(47)24-27-12-17-31(39)32(40)23-27;1-4-41-22-10-8-21(9-11-22)38-29(35-28-23(30(38)40)6-5-15-34-28)26(13-14-33)37(17-16-36(2)3)27(39)19-20-7-12-24(31)25(32)18-20;/h5-17,19,23,33H,4,18,20-22,24-25H2,1-3H3,(H,42,49);5-12,15,18,26H,4,13-14,16-17,19,33H2,1-3H3;1H. The second kappa shape index (κ2) is 35.3. The van der Waals surface area contributed by atoms with Crippen molar-refractivity contribution < 1.29 is 28.6 Å². The minimum atomic E-state index is -0.791. The summed E-state index contributed by atoms with van der Waals surface area (Å²) >= 11 is 24.8. The molecule has 0 radical (unpaired) electrons. The predicted octanol–water partition coefficient (Wildman–Crippen LogP) is 11.6. The van der Waals surface area contributed by atoms with Gasteiger partial charge in [0.1, 0.15) is 29.8 Å². The highest BCUT2D eigenvalue weighted by Crippen LogP contribution is 2.31. The van der Waals surface area contributed by atoms with E-state index in [0.717, 1.165) is 11.1 Å². The van der Waals surface area contributed by atoms with Crippen molar-refractivity contribution in [1.29, 1.82) is 0 Å². The maximum absolute atomic E-state index is 14.4. The van der Waals surface area contributed by atoms with Crippen molar-refractivity contribution in [3.8, 4) is 22.9 Å². The van der Waals surface area contributed by atoms with Crippen LogP contribution in [0.25, 0.3) is 33.4 Å². The molecule has 0 bridgehead atoms. The predicted molar refractivity (Wildman–Crippen MR) is 372 cm³/mol. The van der Waals surface area contributed by atoms with Gasteiger partial charge in [-0.25, -0.2) is 24.7 Å². The summed E-state index contributed by atoms with van der Waals surface area (Å²) in [6, 6.07) is 39.3. The van der Waals surface area contributed by atoms with E-state index in [4.69, 9.17) is 76.3 Å². The van der Waals surface area contributed by atoms with Crippen LogP contribution in [-0.2, 0) is 33.8 Å². The Hall–Kier alpha value is -7.99. The number of likely N-dealkylation sites (N-methyl/N-ethyl adjacent to an activating group) is 2. The van der Waals surface area contributed by atoms with Crippen LogP contribution < -0.4 is 31.6 Å². The molecule has 20 nitrogen and oxygen atoms in total. The van der Waals surface area contributed by atoms with Gasteiger partial charge < -0.3 is 44.9 Å². The third-order valence-electron chi connectivity index (χ3n) is 14.7. The minimum absolute atomic E-state index is 0. The van der Waals surface area contributed by atoms with E-state index in [9.17, 15) is 24.0 Å². The Balaban J connectivity index is 0.000000267. The van der Waals surface area contributed by atoms with Crippen LogP contribution in [0.1, 0.15) is 67.1 Å². The third-order valence-corrected chi connectivity index (χ3v) is 16.2. The Kier molecular flexibility index (Phi) is 27.5. The lowest BCUT2D eigenvalue weighted by Gasteiger charge is -2.34. The van der Waals surface area contributed by atoms with Gasteiger partial charge in [0.05, 0.1) is 80.4 Å². The summed E-state index contributed by atoms with van der Waals surface area (Å²) in [6.45, 7) is 7.05. The second-order valence-electron chi connectivity index (χ2n) is 21.8. The lowest BCUT2D eigenvalue weighted by atomic mass is 10.1. The number of nitrogens with one attached hydrogen (secondary N) is 1. The first-order valence-electron chi connectivity index (χ1n) is 30.0. The Morgan fingerprint density at radius 2 is 0.989 bits per heavy atom. The number of amides is 3. The molecule has 93 heavy (non-hydrogen) atoms. The molecular formula is C68H75BrCl4N12O8. The van der Waals surface area contributed by atoms with E-state index in [-0.39, 0.29) is 96.9 Å². The average molecular weight is 1410 g/mol. The molecule has 9 rings (SSSR count). The van der Waals surface area contributed by atoms with Gasteiger partial charge >= 0.3 is 6.09 Å². The number of hydrogen-bond acceptors (Lipinski definition) is 15. The molecule has 0 saturated heterocycles. The Labute approximate surface area is 570 Å². The Morgan fingerprint density at radius 1 is 0.548 bits per heavy atom. The monoisotopic (exact) mass is 1410 g/mol. The van der Waals surface area contributed by atoms with E-state index < -0.39 is 18.2 Å². The van der Waals surface area contributed by atoms with Crippen molar-refractivity contribution in [2.75, 3.05) is 80.7 Å². The lowest BCUT2D eigenvalue weighted by Crippen LogP contribution is -2.44. The van der Waals surface area contributed by atoms with Crippen LogP contribution >= 0.6 is 63.4 Å². The molecule has 3 N–H and O–H groups in total. The van der Waals surface area contributed by atoms with Gasteiger partial charge in [0.2, 0.25) is 11.8 Å². The fraction of sp³-hybridized carbons (Fsp3) is 0.309. The van der Waals surface area contributed by atoms with Crippen molar-refractivity contribution in [2.45, 2.75) is 58.2 Å². The van der Waals surface area contributed by atoms with E-state index >= 15 is 0 Å². The highest BCUT2D eigenvalue weighted by atomic mass is 79.9. The highest BCUT2D eigenvalue weighted by Gasteiger charge is 2.33. The number of carbonyl (C=O) groups is 3. The number of rotatable bonds is 27. The number of nitrogens with zero attached hydrogens (tertiary/aromatic N) is 10. The van der Waals surface area contributed by atoms with Gasteiger partial charge in [-0.2, -0.15) is 0 Å². The fourth-order valence-electron chi connectivity index (χ4n) is 10.2. The van der Waals surface area contributed by atoms with E-state index in [1.807, 2.05) is 82.2 Å². The Bertz CT molecular complexity index is 4090. The van der Waals surface area contributed by atoms with Crippen LogP contribution in [0.5, 0.6) is 11.5 Å². The number of pyridine rings is 2. The van der Waals surface area contributed by atoms with Gasteiger partial charge in [-0.1, -0.05) is 88.9 Å². The zero-order chi connectivity index (χ0) is 65.8. The smallest absolute Gasteiger partial charge is 0.407 e. The number of ether oxygens (including phenoxy) is 3. The zero-order valence-electron chi connectivity index (χ0n) is 52.5. The third kappa shape index (κ3) is 19.5. The van der Waals surface area contributed by atoms with Crippen molar-refractivity contribution in [2.24, 2.45) is 5.73 Å². The van der Waals surface area contributed by atoms with E-state index in [0.29, 0.717) is 110 Å². The van der Waals surface area contributed by atoms with Crippen molar-refractivity contribution in [3.63, 3.8) is 0 Å². The molecule has 25 heteroatoms. The molecule has 0 aliphatic rings. The number of carbonyl (C=O) groups excluding carboxylic acids is 3. The number of nitrogens with two attached hydrogens (primary N) is 1. The molecule has 2 unspecified atom stereocenters. The van der Waals surface area contributed by atoms with Gasteiger partial charge in [-0.15, -0.1) is 17.0 Å². The summed E-state index contributed by atoms with van der Waals surface area (Å²) in [4.78, 5) is 95.4. The SMILES string of the molecule is Br.CCOc1ccc(-n2c(C(CCN)N(CCN(C)C)C(=O)Cc3ccc(Cl)c(Cl)c3)nc3ncccc3c2=O)cc1.CCOc1ccc(-n2c(C(CCNC(=O)OCc3ccccc3)N(CCN(C)C)C(=O)Cc3ccc(Cl)c(Cl)c3)nc3ncccc3c2=O)cc1. The van der Waals surface area contributed by atoms with Crippen molar-refractivity contribution >= 4 is 103 Å². The zero-order valence-corrected chi connectivity index (χ0v) is 57.3. The molecule has 2 atom stereocenters. The topological polar surface area (TPSA) is 225 Å². The lowest BCUT2D eigenvalue weighted by molar-refractivity contribution is -0.134. The minimum Gasteiger partial charge on any atom is -0.494 e. The van der Waals surface area contributed by atoms with Gasteiger partial charge in [0.15, 0.2) is 11.3 Å². The van der Waals surface area contributed by atoms with Crippen LogP contribution in [0.2, 0.25) is 20.1 Å². The van der Waals surface area contributed by atoms with Crippen LogP contribution in [0.15, 0.2) is 162 Å². The van der Waals surface area contributed by atoms with Crippen molar-refractivity contribution in [1.82, 2.24) is 54.0 Å². The van der Waals surface area contributed by atoms with E-state index in [1.54, 1.807) is 136 Å².